The number of aliphatic imine (C=N–C) groups is 1. The van der Waals surface area contributed by atoms with Gasteiger partial charge in [-0.1, -0.05) is 18.2 Å². The molecule has 0 heterocycles. The Morgan fingerprint density at radius 3 is 2.43 bits per heavy atom. The van der Waals surface area contributed by atoms with E-state index in [4.69, 9.17) is 5.73 Å². The molecule has 0 spiro atoms. The van der Waals surface area contributed by atoms with Crippen LogP contribution in [0.2, 0.25) is 0 Å². The Morgan fingerprint density at radius 2 is 1.80 bits per heavy atom. The van der Waals surface area contributed by atoms with Crippen molar-refractivity contribution in [2.45, 2.75) is 25.6 Å². The molecule has 0 saturated heterocycles. The Labute approximate surface area is 180 Å². The topological polar surface area (TPSA) is 79.5 Å². The molecule has 0 bridgehead atoms. The van der Waals surface area contributed by atoms with Gasteiger partial charge in [-0.05, 0) is 60.6 Å². The minimum Gasteiger partial charge on any atom is -0.369 e. The summed E-state index contributed by atoms with van der Waals surface area (Å²) in [5.41, 5.74) is 8.24. The Kier molecular flexibility index (Phi) is 9.60. The molecule has 1 atom stereocenters. The molecule has 0 radical (unpaired) electrons. The lowest BCUT2D eigenvalue weighted by Gasteiger charge is -2.17. The zero-order valence-corrected chi connectivity index (χ0v) is 18.1. The van der Waals surface area contributed by atoms with Gasteiger partial charge in [-0.25, -0.2) is 13.8 Å². The monoisotopic (exact) mass is 434 g/mol. The van der Waals surface area contributed by atoms with Crippen LogP contribution in [-0.2, 0) is 23.5 Å². The number of benzene rings is 2. The quantitative estimate of drug-likeness (QED) is 0.396. The standard InChI is InChI=1S/C22H28F2N4OS/c1-3-26-22(27-12-16-6-9-20(24)11-18(16)14-30-2)28-13-17(21(25)29)10-15-4-7-19(23)8-5-15/h4-9,11,17H,3,10,12-14H2,1-2H3,(H2,25,29)(H2,26,27,28). The van der Waals surface area contributed by atoms with Crippen LogP contribution in [0.3, 0.4) is 0 Å². The normalized spacial score (nSPS) is 12.5. The summed E-state index contributed by atoms with van der Waals surface area (Å²) in [5.74, 6) is -0.255. The fourth-order valence-electron chi connectivity index (χ4n) is 2.94. The molecular weight excluding hydrogens is 406 g/mol. The van der Waals surface area contributed by atoms with Crippen LogP contribution in [-0.4, -0.2) is 31.2 Å². The zero-order chi connectivity index (χ0) is 21.9. The van der Waals surface area contributed by atoms with E-state index < -0.39 is 11.8 Å². The number of amides is 1. The molecule has 1 amide bonds. The average molecular weight is 435 g/mol. The van der Waals surface area contributed by atoms with E-state index in [1.165, 1.54) is 24.3 Å². The molecule has 30 heavy (non-hydrogen) atoms. The molecule has 0 fully saturated rings. The Morgan fingerprint density at radius 1 is 1.10 bits per heavy atom. The van der Waals surface area contributed by atoms with Crippen molar-refractivity contribution in [3.8, 4) is 0 Å². The number of carbonyl (C=O) groups is 1. The summed E-state index contributed by atoms with van der Waals surface area (Å²) in [6.45, 7) is 3.26. The number of rotatable bonds is 10. The van der Waals surface area contributed by atoms with Crippen LogP contribution in [0.25, 0.3) is 0 Å². The maximum Gasteiger partial charge on any atom is 0.222 e. The number of nitrogens with two attached hydrogens (primary N) is 1. The first-order chi connectivity index (χ1) is 14.4. The Bertz CT molecular complexity index is 859. The number of nitrogens with zero attached hydrogens (tertiary/aromatic N) is 1. The van der Waals surface area contributed by atoms with Crippen molar-refractivity contribution in [2.75, 3.05) is 19.3 Å². The van der Waals surface area contributed by atoms with Crippen molar-refractivity contribution < 1.29 is 13.6 Å². The third-order valence-corrected chi connectivity index (χ3v) is 5.13. The van der Waals surface area contributed by atoms with E-state index in [0.29, 0.717) is 37.8 Å². The minimum atomic E-state index is -0.475. The van der Waals surface area contributed by atoms with Gasteiger partial charge in [0.2, 0.25) is 5.91 Å². The number of primary amides is 1. The van der Waals surface area contributed by atoms with Gasteiger partial charge in [0, 0.05) is 18.8 Å². The van der Waals surface area contributed by atoms with Gasteiger partial charge in [0.1, 0.15) is 11.6 Å². The van der Waals surface area contributed by atoms with Crippen LogP contribution in [0.4, 0.5) is 8.78 Å². The van der Waals surface area contributed by atoms with Gasteiger partial charge in [-0.2, -0.15) is 11.8 Å². The third-order valence-electron chi connectivity index (χ3n) is 4.53. The summed E-state index contributed by atoms with van der Waals surface area (Å²) in [5, 5.41) is 6.29. The molecule has 4 N–H and O–H groups in total. The van der Waals surface area contributed by atoms with Crippen LogP contribution in [0.5, 0.6) is 0 Å². The van der Waals surface area contributed by atoms with E-state index in [-0.39, 0.29) is 11.6 Å². The van der Waals surface area contributed by atoms with Crippen molar-refractivity contribution in [2.24, 2.45) is 16.6 Å². The molecule has 2 aromatic carbocycles. The first-order valence-corrected chi connectivity index (χ1v) is 11.1. The molecule has 5 nitrogen and oxygen atoms in total. The molecule has 0 aromatic heterocycles. The second-order valence-corrected chi connectivity index (χ2v) is 7.72. The summed E-state index contributed by atoms with van der Waals surface area (Å²) in [6.07, 6.45) is 2.37. The van der Waals surface area contributed by atoms with Gasteiger partial charge in [-0.3, -0.25) is 4.79 Å². The van der Waals surface area contributed by atoms with Crippen molar-refractivity contribution >= 4 is 23.6 Å². The van der Waals surface area contributed by atoms with Gasteiger partial charge in [-0.15, -0.1) is 0 Å². The van der Waals surface area contributed by atoms with Gasteiger partial charge in [0.05, 0.1) is 12.5 Å². The molecule has 0 aliphatic carbocycles. The second kappa shape index (κ2) is 12.2. The Hall–Kier alpha value is -2.61. The SMILES string of the molecule is CCNC(=NCc1ccc(F)cc1CSC)NCC(Cc1ccc(F)cc1)C(N)=O. The highest BCUT2D eigenvalue weighted by Gasteiger charge is 2.17. The van der Waals surface area contributed by atoms with Gasteiger partial charge in [0.25, 0.3) is 0 Å². The number of hydrogen-bond donors (Lipinski definition) is 3. The molecule has 0 aliphatic rings. The minimum absolute atomic E-state index is 0.262. The van der Waals surface area contributed by atoms with Gasteiger partial charge < -0.3 is 16.4 Å². The summed E-state index contributed by atoms with van der Waals surface area (Å²) in [6, 6.07) is 10.7. The molecule has 2 rings (SSSR count). The second-order valence-electron chi connectivity index (χ2n) is 6.85. The predicted octanol–water partition coefficient (Wildman–Crippen LogP) is 3.23. The zero-order valence-electron chi connectivity index (χ0n) is 17.3. The van der Waals surface area contributed by atoms with Crippen LogP contribution < -0.4 is 16.4 Å². The molecule has 2 aromatic rings. The summed E-state index contributed by atoms with van der Waals surface area (Å²) >= 11 is 1.62. The lowest BCUT2D eigenvalue weighted by molar-refractivity contribution is -0.121. The van der Waals surface area contributed by atoms with E-state index in [2.05, 4.69) is 15.6 Å². The summed E-state index contributed by atoms with van der Waals surface area (Å²) in [7, 11) is 0. The average Bonchev–Trinajstić information content (AvgIpc) is 2.71. The molecule has 162 valence electrons. The van der Waals surface area contributed by atoms with E-state index in [1.807, 2.05) is 13.2 Å². The van der Waals surface area contributed by atoms with Gasteiger partial charge in [0.15, 0.2) is 5.96 Å². The number of guanidine groups is 1. The number of carbonyl (C=O) groups excluding carboxylic acids is 1. The molecular formula is C22H28F2N4OS. The molecule has 1 unspecified atom stereocenters. The van der Waals surface area contributed by atoms with Gasteiger partial charge >= 0.3 is 0 Å². The van der Waals surface area contributed by atoms with Crippen LogP contribution in [0.1, 0.15) is 23.6 Å². The first kappa shape index (κ1) is 23.7. The van der Waals surface area contributed by atoms with E-state index >= 15 is 0 Å². The highest BCUT2D eigenvalue weighted by Crippen LogP contribution is 2.17. The summed E-state index contributed by atoms with van der Waals surface area (Å²) in [4.78, 5) is 16.4. The van der Waals surface area contributed by atoms with Crippen molar-refractivity contribution in [3.05, 3.63) is 70.8 Å². The summed E-state index contributed by atoms with van der Waals surface area (Å²) < 4.78 is 26.6. The molecule has 8 heteroatoms. The molecule has 0 aliphatic heterocycles. The van der Waals surface area contributed by atoms with E-state index in [1.54, 1.807) is 30.0 Å². The maximum absolute atomic E-state index is 13.5. The number of hydrogen-bond acceptors (Lipinski definition) is 3. The van der Waals surface area contributed by atoms with Crippen molar-refractivity contribution in [1.29, 1.82) is 0 Å². The number of thioether (sulfide) groups is 1. The highest BCUT2D eigenvalue weighted by atomic mass is 32.2. The third kappa shape index (κ3) is 7.67. The van der Waals surface area contributed by atoms with Crippen LogP contribution >= 0.6 is 11.8 Å². The van der Waals surface area contributed by atoms with E-state index in [0.717, 1.165) is 16.7 Å². The van der Waals surface area contributed by atoms with Crippen LogP contribution in [0, 0.1) is 17.6 Å². The van der Waals surface area contributed by atoms with E-state index in [9.17, 15) is 13.6 Å². The Balaban J connectivity index is 2.06. The maximum atomic E-state index is 13.5. The number of halogens is 2. The fraction of sp³-hybridized carbons (Fsp3) is 0.364. The largest absolute Gasteiger partial charge is 0.369 e. The smallest absolute Gasteiger partial charge is 0.222 e. The van der Waals surface area contributed by atoms with Crippen molar-refractivity contribution in [3.63, 3.8) is 0 Å². The highest BCUT2D eigenvalue weighted by molar-refractivity contribution is 7.97. The lowest BCUT2D eigenvalue weighted by atomic mass is 9.98. The van der Waals surface area contributed by atoms with Crippen molar-refractivity contribution in [1.82, 2.24) is 10.6 Å². The predicted molar refractivity (Wildman–Crippen MR) is 119 cm³/mol. The lowest BCUT2D eigenvalue weighted by Crippen LogP contribution is -2.43. The molecule has 0 saturated carbocycles. The number of nitrogens with one attached hydrogen (secondary N) is 2. The van der Waals surface area contributed by atoms with Crippen LogP contribution in [0.15, 0.2) is 47.5 Å². The first-order valence-electron chi connectivity index (χ1n) is 9.75. The fourth-order valence-corrected chi connectivity index (χ4v) is 3.52.